The van der Waals surface area contributed by atoms with Crippen molar-refractivity contribution in [2.45, 2.75) is 37.9 Å². The molecule has 1 nitrogen and oxygen atoms in total. The highest BCUT2D eigenvalue weighted by Gasteiger charge is 2.14. The maximum Gasteiger partial charge on any atom is 0.0705 e. The average Bonchev–Trinajstić information content (AvgIpc) is 2.39. The summed E-state index contributed by atoms with van der Waals surface area (Å²) in [6, 6.07) is 12.6. The Morgan fingerprint density at radius 1 is 1.17 bits per heavy atom. The Bertz CT molecular complexity index is 509. The standard InChI is InChI=1S/C16H20BrN/c1-3-6-12(2)15(17)11-14-10-9-13-7-4-5-8-16(13)18-14/h4-5,7-10,12,15H,3,6,11H2,1-2H3. The zero-order valence-electron chi connectivity index (χ0n) is 11.1. The molecule has 2 rings (SSSR count). The third-order valence-electron chi connectivity index (χ3n) is 3.42. The highest BCUT2D eigenvalue weighted by atomic mass is 79.9. The van der Waals surface area contributed by atoms with E-state index < -0.39 is 0 Å². The Hall–Kier alpha value is -0.890. The maximum atomic E-state index is 4.73. The van der Waals surface area contributed by atoms with E-state index in [9.17, 15) is 0 Å². The van der Waals surface area contributed by atoms with Gasteiger partial charge in [0.15, 0.2) is 0 Å². The number of fused-ring (bicyclic) bond motifs is 1. The molecule has 0 N–H and O–H groups in total. The first kappa shape index (κ1) is 13.5. The predicted octanol–water partition coefficient (Wildman–Crippen LogP) is 4.98. The zero-order chi connectivity index (χ0) is 13.0. The molecule has 2 aromatic rings. The van der Waals surface area contributed by atoms with Crippen molar-refractivity contribution in [3.8, 4) is 0 Å². The number of benzene rings is 1. The number of pyridine rings is 1. The summed E-state index contributed by atoms with van der Waals surface area (Å²) in [5.74, 6) is 0.697. The first-order valence-corrected chi connectivity index (χ1v) is 7.61. The van der Waals surface area contributed by atoms with E-state index in [1.807, 2.05) is 6.07 Å². The zero-order valence-corrected chi connectivity index (χ0v) is 12.7. The van der Waals surface area contributed by atoms with Crippen LogP contribution in [0.25, 0.3) is 10.9 Å². The molecule has 0 aliphatic heterocycles. The Labute approximate surface area is 118 Å². The van der Waals surface area contributed by atoms with Crippen LogP contribution in [0.2, 0.25) is 0 Å². The van der Waals surface area contributed by atoms with Crippen LogP contribution in [0.1, 0.15) is 32.4 Å². The lowest BCUT2D eigenvalue weighted by Crippen LogP contribution is -2.14. The second-order valence-electron chi connectivity index (χ2n) is 4.98. The molecule has 96 valence electrons. The monoisotopic (exact) mass is 305 g/mol. The number of rotatable bonds is 5. The number of aromatic nitrogens is 1. The van der Waals surface area contributed by atoms with E-state index in [1.54, 1.807) is 0 Å². The molecule has 0 bridgehead atoms. The molecule has 0 saturated heterocycles. The van der Waals surface area contributed by atoms with Crippen molar-refractivity contribution >= 4 is 26.8 Å². The van der Waals surface area contributed by atoms with Crippen LogP contribution in [0.3, 0.4) is 0 Å². The number of para-hydroxylation sites is 1. The highest BCUT2D eigenvalue weighted by molar-refractivity contribution is 9.09. The summed E-state index contributed by atoms with van der Waals surface area (Å²) in [7, 11) is 0. The normalized spacial score (nSPS) is 14.6. The van der Waals surface area contributed by atoms with Gasteiger partial charge in [0, 0.05) is 22.3 Å². The molecule has 0 fully saturated rings. The van der Waals surface area contributed by atoms with Crippen molar-refractivity contribution in [2.75, 3.05) is 0 Å². The van der Waals surface area contributed by atoms with Crippen LogP contribution in [0.5, 0.6) is 0 Å². The molecule has 0 saturated carbocycles. The van der Waals surface area contributed by atoms with Gasteiger partial charge >= 0.3 is 0 Å². The minimum atomic E-state index is 0.520. The van der Waals surface area contributed by atoms with Gasteiger partial charge in [0.2, 0.25) is 0 Å². The van der Waals surface area contributed by atoms with Crippen molar-refractivity contribution in [3.63, 3.8) is 0 Å². The lowest BCUT2D eigenvalue weighted by atomic mass is 9.98. The Morgan fingerprint density at radius 3 is 2.72 bits per heavy atom. The summed E-state index contributed by atoms with van der Waals surface area (Å²) in [5.41, 5.74) is 2.27. The van der Waals surface area contributed by atoms with Crippen LogP contribution in [-0.4, -0.2) is 9.81 Å². The summed E-state index contributed by atoms with van der Waals surface area (Å²) in [6.07, 6.45) is 3.52. The van der Waals surface area contributed by atoms with E-state index in [0.29, 0.717) is 10.7 Å². The lowest BCUT2D eigenvalue weighted by molar-refractivity contribution is 0.503. The highest BCUT2D eigenvalue weighted by Crippen LogP contribution is 2.22. The van der Waals surface area contributed by atoms with Crippen LogP contribution in [0.15, 0.2) is 36.4 Å². The van der Waals surface area contributed by atoms with Gasteiger partial charge in [-0.3, -0.25) is 4.98 Å². The topological polar surface area (TPSA) is 12.9 Å². The maximum absolute atomic E-state index is 4.73. The molecule has 1 aromatic heterocycles. The molecule has 0 amide bonds. The Balaban J connectivity index is 2.12. The quantitative estimate of drug-likeness (QED) is 0.710. The SMILES string of the molecule is CCCC(C)C(Br)Cc1ccc2ccccc2n1. The Kier molecular flexibility index (Phi) is 4.76. The van der Waals surface area contributed by atoms with Crippen molar-refractivity contribution < 1.29 is 0 Å². The fraction of sp³-hybridized carbons (Fsp3) is 0.438. The van der Waals surface area contributed by atoms with E-state index in [2.05, 4.69) is 60.1 Å². The van der Waals surface area contributed by atoms with Crippen LogP contribution in [0.4, 0.5) is 0 Å². The van der Waals surface area contributed by atoms with Gasteiger partial charge in [0.25, 0.3) is 0 Å². The van der Waals surface area contributed by atoms with Crippen LogP contribution in [-0.2, 0) is 6.42 Å². The van der Waals surface area contributed by atoms with Crippen molar-refractivity contribution in [2.24, 2.45) is 5.92 Å². The number of hydrogen-bond acceptors (Lipinski definition) is 1. The number of alkyl halides is 1. The van der Waals surface area contributed by atoms with Crippen molar-refractivity contribution in [1.29, 1.82) is 0 Å². The smallest absolute Gasteiger partial charge is 0.0705 e. The number of nitrogens with zero attached hydrogens (tertiary/aromatic N) is 1. The summed E-state index contributed by atoms with van der Waals surface area (Å²) in [5, 5.41) is 1.22. The third-order valence-corrected chi connectivity index (χ3v) is 4.65. The van der Waals surface area contributed by atoms with E-state index in [-0.39, 0.29) is 0 Å². The van der Waals surface area contributed by atoms with E-state index >= 15 is 0 Å². The third kappa shape index (κ3) is 3.32. The molecule has 0 aliphatic rings. The molecular formula is C16H20BrN. The van der Waals surface area contributed by atoms with Gasteiger partial charge in [0.05, 0.1) is 5.52 Å². The lowest BCUT2D eigenvalue weighted by Gasteiger charge is -2.17. The van der Waals surface area contributed by atoms with E-state index in [1.165, 1.54) is 23.9 Å². The summed E-state index contributed by atoms with van der Waals surface area (Å²) in [6.45, 7) is 4.55. The largest absolute Gasteiger partial charge is 0.253 e. The second-order valence-corrected chi connectivity index (χ2v) is 6.16. The van der Waals surface area contributed by atoms with Gasteiger partial charge in [-0.1, -0.05) is 60.5 Å². The minimum absolute atomic E-state index is 0.520. The summed E-state index contributed by atoms with van der Waals surface area (Å²) >= 11 is 3.81. The van der Waals surface area contributed by atoms with Gasteiger partial charge in [-0.2, -0.15) is 0 Å². The average molecular weight is 306 g/mol. The molecule has 1 heterocycles. The van der Waals surface area contributed by atoms with Gasteiger partial charge in [0.1, 0.15) is 0 Å². The first-order chi connectivity index (χ1) is 8.70. The summed E-state index contributed by atoms with van der Waals surface area (Å²) in [4.78, 5) is 5.25. The molecule has 2 heteroatoms. The minimum Gasteiger partial charge on any atom is -0.253 e. The van der Waals surface area contributed by atoms with E-state index in [4.69, 9.17) is 4.98 Å². The second kappa shape index (κ2) is 6.33. The molecule has 0 spiro atoms. The first-order valence-electron chi connectivity index (χ1n) is 6.69. The molecular weight excluding hydrogens is 286 g/mol. The predicted molar refractivity (Wildman–Crippen MR) is 82.2 cm³/mol. The van der Waals surface area contributed by atoms with Gasteiger partial charge in [-0.15, -0.1) is 0 Å². The van der Waals surface area contributed by atoms with Crippen LogP contribution in [0, 0.1) is 5.92 Å². The molecule has 0 radical (unpaired) electrons. The molecule has 2 atom stereocenters. The van der Waals surface area contributed by atoms with Gasteiger partial charge < -0.3 is 0 Å². The molecule has 0 aliphatic carbocycles. The fourth-order valence-electron chi connectivity index (χ4n) is 2.26. The van der Waals surface area contributed by atoms with Crippen LogP contribution < -0.4 is 0 Å². The summed E-state index contributed by atoms with van der Waals surface area (Å²) < 4.78 is 0. The van der Waals surface area contributed by atoms with Gasteiger partial charge in [-0.05, 0) is 24.5 Å². The van der Waals surface area contributed by atoms with Crippen molar-refractivity contribution in [1.82, 2.24) is 4.98 Å². The fourth-order valence-corrected chi connectivity index (χ4v) is 2.86. The molecule has 2 unspecified atom stereocenters. The molecule has 1 aromatic carbocycles. The van der Waals surface area contributed by atoms with Gasteiger partial charge in [-0.25, -0.2) is 0 Å². The van der Waals surface area contributed by atoms with E-state index in [0.717, 1.165) is 11.9 Å². The molecule has 18 heavy (non-hydrogen) atoms. The van der Waals surface area contributed by atoms with Crippen molar-refractivity contribution in [3.05, 3.63) is 42.1 Å². The number of halogens is 1. The number of hydrogen-bond donors (Lipinski definition) is 0. The van der Waals surface area contributed by atoms with Crippen LogP contribution >= 0.6 is 15.9 Å². The Morgan fingerprint density at radius 2 is 1.94 bits per heavy atom.